The molecule has 0 fully saturated rings. The summed E-state index contributed by atoms with van der Waals surface area (Å²) in [5.41, 5.74) is 4.80. The normalized spacial score (nSPS) is 16.7. The second kappa shape index (κ2) is 8.35. The number of aliphatic imine (C=N–C) groups is 1. The Balaban J connectivity index is 1.80. The van der Waals surface area contributed by atoms with Crippen LogP contribution in [-0.2, 0) is 0 Å². The monoisotopic (exact) mass is 357 g/mol. The first kappa shape index (κ1) is 18.4. The van der Waals surface area contributed by atoms with Crippen molar-refractivity contribution < 1.29 is 0 Å². The molecule has 2 N–H and O–H groups in total. The third-order valence-corrected chi connectivity index (χ3v) is 4.54. The average molecular weight is 357 g/mol. The van der Waals surface area contributed by atoms with Gasteiger partial charge < -0.3 is 10.2 Å². The van der Waals surface area contributed by atoms with Gasteiger partial charge in [-0.25, -0.2) is 0 Å². The molecule has 1 aliphatic heterocycles. The Morgan fingerprint density at radius 1 is 1.15 bits per heavy atom. The summed E-state index contributed by atoms with van der Waals surface area (Å²) in [7, 11) is 5.75. The number of nitrogens with zero attached hydrogens (tertiary/aromatic N) is 3. The largest absolute Gasteiger partial charge is 0.361 e. The molecule has 5 heteroatoms. The zero-order valence-corrected chi connectivity index (χ0v) is 15.8. The van der Waals surface area contributed by atoms with Crippen molar-refractivity contribution in [2.45, 2.75) is 6.17 Å². The highest BCUT2D eigenvalue weighted by Crippen LogP contribution is 2.23. The van der Waals surface area contributed by atoms with Crippen LogP contribution in [0.25, 0.3) is 11.1 Å². The van der Waals surface area contributed by atoms with Crippen LogP contribution in [0, 0.1) is 11.3 Å². The predicted molar refractivity (Wildman–Crippen MR) is 111 cm³/mol. The molecule has 1 unspecified atom stereocenters. The van der Waals surface area contributed by atoms with E-state index in [1.165, 1.54) is 0 Å². The lowest BCUT2D eigenvalue weighted by atomic mass is 10.0. The lowest BCUT2D eigenvalue weighted by molar-refractivity contribution is 0.334. The molecule has 0 radical (unpaired) electrons. The maximum atomic E-state index is 9.07. The van der Waals surface area contributed by atoms with Gasteiger partial charge in [-0.05, 0) is 48.5 Å². The fourth-order valence-electron chi connectivity index (χ4n) is 3.15. The van der Waals surface area contributed by atoms with Crippen molar-refractivity contribution in [2.75, 3.05) is 26.5 Å². The SMILES string of the molecule is CN=C(Nc1ccc(-c2cccc(C#N)c2)cc1)C1=CC=CN(C)C1NC. The molecule has 3 rings (SSSR count). The first-order valence-electron chi connectivity index (χ1n) is 8.78. The fourth-order valence-corrected chi connectivity index (χ4v) is 3.15. The first-order valence-corrected chi connectivity index (χ1v) is 8.78. The van der Waals surface area contributed by atoms with E-state index in [0.29, 0.717) is 5.56 Å². The molecule has 27 heavy (non-hydrogen) atoms. The minimum Gasteiger partial charge on any atom is -0.361 e. The van der Waals surface area contributed by atoms with Gasteiger partial charge in [-0.15, -0.1) is 0 Å². The number of amidine groups is 1. The van der Waals surface area contributed by atoms with Gasteiger partial charge in [0.2, 0.25) is 0 Å². The second-order valence-electron chi connectivity index (χ2n) is 6.29. The number of nitriles is 1. The molecule has 0 amide bonds. The molecular formula is C22H23N5. The van der Waals surface area contributed by atoms with E-state index in [-0.39, 0.29) is 6.17 Å². The van der Waals surface area contributed by atoms with Gasteiger partial charge >= 0.3 is 0 Å². The van der Waals surface area contributed by atoms with E-state index in [0.717, 1.165) is 28.2 Å². The summed E-state index contributed by atoms with van der Waals surface area (Å²) in [6, 6.07) is 17.9. The third kappa shape index (κ3) is 4.08. The zero-order valence-electron chi connectivity index (χ0n) is 15.8. The maximum Gasteiger partial charge on any atom is 0.131 e. The summed E-state index contributed by atoms with van der Waals surface area (Å²) in [6.07, 6.45) is 6.18. The zero-order chi connectivity index (χ0) is 19.2. The van der Waals surface area contributed by atoms with Crippen molar-refractivity contribution in [3.63, 3.8) is 0 Å². The molecule has 136 valence electrons. The van der Waals surface area contributed by atoms with E-state index in [4.69, 9.17) is 5.26 Å². The Kier molecular flexibility index (Phi) is 5.70. The van der Waals surface area contributed by atoms with Gasteiger partial charge in [0.1, 0.15) is 12.0 Å². The number of nitrogens with one attached hydrogen (secondary N) is 2. The van der Waals surface area contributed by atoms with Crippen LogP contribution in [0.5, 0.6) is 0 Å². The molecule has 5 nitrogen and oxygen atoms in total. The number of rotatable bonds is 4. The van der Waals surface area contributed by atoms with E-state index in [1.54, 1.807) is 7.05 Å². The predicted octanol–water partition coefficient (Wildman–Crippen LogP) is 3.60. The Labute approximate surface area is 160 Å². The molecule has 0 saturated heterocycles. The number of likely N-dealkylation sites (N-methyl/N-ethyl adjacent to an activating group) is 2. The molecule has 0 spiro atoms. The van der Waals surface area contributed by atoms with Crippen LogP contribution in [0.2, 0.25) is 0 Å². The Bertz CT molecular complexity index is 932. The van der Waals surface area contributed by atoms with E-state index in [9.17, 15) is 0 Å². The molecule has 1 heterocycles. The quantitative estimate of drug-likeness (QED) is 0.648. The van der Waals surface area contributed by atoms with Gasteiger partial charge in [-0.1, -0.05) is 30.3 Å². The summed E-state index contributed by atoms with van der Waals surface area (Å²) >= 11 is 0. The first-order chi connectivity index (χ1) is 13.2. The van der Waals surface area contributed by atoms with E-state index in [2.05, 4.69) is 32.7 Å². The van der Waals surface area contributed by atoms with Gasteiger partial charge in [0.15, 0.2) is 0 Å². The summed E-state index contributed by atoms with van der Waals surface area (Å²) in [5, 5.41) is 15.8. The Hall–Kier alpha value is -3.36. The highest BCUT2D eigenvalue weighted by Gasteiger charge is 2.21. The third-order valence-electron chi connectivity index (χ3n) is 4.54. The molecule has 2 aromatic carbocycles. The van der Waals surface area contributed by atoms with Crippen molar-refractivity contribution >= 4 is 11.5 Å². The smallest absolute Gasteiger partial charge is 0.131 e. The summed E-state index contributed by atoms with van der Waals surface area (Å²) in [5.74, 6) is 0.824. The van der Waals surface area contributed by atoms with Gasteiger partial charge in [0.05, 0.1) is 11.6 Å². The lowest BCUT2D eigenvalue weighted by Gasteiger charge is -2.31. The van der Waals surface area contributed by atoms with Crippen LogP contribution < -0.4 is 10.6 Å². The standard InChI is InChI=1S/C22H23N5/c1-24-21(20-8-5-13-27(3)22(20)25-2)26-19-11-9-17(10-12-19)18-7-4-6-16(14-18)15-23/h4-14,22,25H,1-3H3,(H,24,26). The minimum absolute atomic E-state index is 0.0641. The second-order valence-corrected chi connectivity index (χ2v) is 6.29. The fraction of sp³-hybridized carbons (Fsp3) is 0.182. The molecule has 0 aromatic heterocycles. The molecule has 0 saturated carbocycles. The summed E-state index contributed by atoms with van der Waals surface area (Å²) in [4.78, 5) is 6.55. The molecule has 0 bridgehead atoms. The van der Waals surface area contributed by atoms with E-state index >= 15 is 0 Å². The Morgan fingerprint density at radius 3 is 2.59 bits per heavy atom. The summed E-state index contributed by atoms with van der Waals surface area (Å²) < 4.78 is 0. The summed E-state index contributed by atoms with van der Waals surface area (Å²) in [6.45, 7) is 0. The molecule has 1 aliphatic rings. The number of allylic oxidation sites excluding steroid dienone is 2. The molecule has 0 aliphatic carbocycles. The Morgan fingerprint density at radius 2 is 1.93 bits per heavy atom. The highest BCUT2D eigenvalue weighted by molar-refractivity contribution is 6.09. The molecule has 1 atom stereocenters. The van der Waals surface area contributed by atoms with Crippen molar-refractivity contribution in [1.29, 1.82) is 5.26 Å². The van der Waals surface area contributed by atoms with Crippen molar-refractivity contribution in [3.05, 3.63) is 78.0 Å². The van der Waals surface area contributed by atoms with Crippen LogP contribution in [0.1, 0.15) is 5.56 Å². The number of benzene rings is 2. The van der Waals surface area contributed by atoms with Crippen LogP contribution in [0.4, 0.5) is 5.69 Å². The van der Waals surface area contributed by atoms with E-state index < -0.39 is 0 Å². The minimum atomic E-state index is 0.0641. The number of anilines is 1. The average Bonchev–Trinajstić information content (AvgIpc) is 2.72. The van der Waals surface area contributed by atoms with Gasteiger partial charge in [0.25, 0.3) is 0 Å². The van der Waals surface area contributed by atoms with Crippen LogP contribution in [0.3, 0.4) is 0 Å². The highest BCUT2D eigenvalue weighted by atomic mass is 15.2. The van der Waals surface area contributed by atoms with Crippen LogP contribution in [-0.4, -0.2) is 38.0 Å². The molecular weight excluding hydrogens is 334 g/mol. The van der Waals surface area contributed by atoms with Gasteiger partial charge in [-0.3, -0.25) is 10.3 Å². The van der Waals surface area contributed by atoms with E-state index in [1.807, 2.05) is 74.9 Å². The maximum absolute atomic E-state index is 9.07. The number of hydrogen-bond acceptors (Lipinski definition) is 4. The lowest BCUT2D eigenvalue weighted by Crippen LogP contribution is -2.44. The van der Waals surface area contributed by atoms with Crippen molar-refractivity contribution in [1.82, 2.24) is 10.2 Å². The van der Waals surface area contributed by atoms with Crippen LogP contribution >= 0.6 is 0 Å². The number of hydrogen-bond donors (Lipinski definition) is 2. The van der Waals surface area contributed by atoms with Crippen molar-refractivity contribution in [3.8, 4) is 17.2 Å². The van der Waals surface area contributed by atoms with Gasteiger partial charge in [-0.2, -0.15) is 5.26 Å². The van der Waals surface area contributed by atoms with Crippen LogP contribution in [0.15, 0.2) is 77.4 Å². The van der Waals surface area contributed by atoms with Gasteiger partial charge in [0, 0.05) is 31.6 Å². The molecule has 2 aromatic rings. The van der Waals surface area contributed by atoms with Crippen molar-refractivity contribution in [2.24, 2.45) is 4.99 Å². The topological polar surface area (TPSA) is 63.5 Å².